The van der Waals surface area contributed by atoms with Crippen LogP contribution in [0, 0.1) is 41.0 Å². The SMILES string of the molecule is Cc1ccc(O)c([N+](=O)[O-])c1.Cc1ccc(OCCCS(=O)(=O)O)c(N)c1.Cc1ccc(OCCCS(=O)(=O)O)c([N+](=O)[O-])c1. The van der Waals surface area contributed by atoms with Crippen molar-refractivity contribution in [2.45, 2.75) is 33.6 Å². The van der Waals surface area contributed by atoms with E-state index < -0.39 is 35.8 Å². The van der Waals surface area contributed by atoms with Crippen LogP contribution in [0.2, 0.25) is 0 Å². The Balaban J connectivity index is 0.000000347. The van der Waals surface area contributed by atoms with Gasteiger partial charge in [0.2, 0.25) is 0 Å². The summed E-state index contributed by atoms with van der Waals surface area (Å²) in [4.78, 5) is 19.8. The van der Waals surface area contributed by atoms with Gasteiger partial charge in [-0.2, -0.15) is 16.8 Å². The highest BCUT2D eigenvalue weighted by atomic mass is 32.2. The molecule has 0 aromatic heterocycles. The molecule has 0 unspecified atom stereocenters. The van der Waals surface area contributed by atoms with Gasteiger partial charge in [-0.05, 0) is 74.6 Å². The van der Waals surface area contributed by atoms with Crippen molar-refractivity contribution < 1.29 is 50.4 Å². The molecular weight excluding hydrogens is 638 g/mol. The molecule has 0 fully saturated rings. The van der Waals surface area contributed by atoms with E-state index >= 15 is 0 Å². The molecule has 0 radical (unpaired) electrons. The number of aromatic hydroxyl groups is 1. The zero-order valence-electron chi connectivity index (χ0n) is 24.7. The van der Waals surface area contributed by atoms with E-state index in [-0.39, 0.29) is 54.7 Å². The Kier molecular flexibility index (Phi) is 15.1. The number of nitro benzene ring substituents is 2. The number of nitrogens with two attached hydrogens (primary N) is 1. The Morgan fingerprint density at radius 3 is 1.51 bits per heavy atom. The quantitative estimate of drug-likeness (QED) is 0.0683. The molecule has 0 atom stereocenters. The van der Waals surface area contributed by atoms with E-state index in [0.717, 1.165) is 16.7 Å². The van der Waals surface area contributed by atoms with Crippen LogP contribution in [-0.4, -0.2) is 65.6 Å². The molecule has 3 rings (SSSR count). The molecule has 0 saturated heterocycles. The predicted octanol–water partition coefficient (Wildman–Crippen LogP) is 4.40. The lowest BCUT2D eigenvalue weighted by atomic mass is 10.2. The number of benzene rings is 3. The van der Waals surface area contributed by atoms with E-state index in [1.54, 1.807) is 38.1 Å². The molecule has 0 saturated carbocycles. The maximum atomic E-state index is 10.8. The number of rotatable bonds is 12. The Hall–Kier alpha value is -4.52. The minimum atomic E-state index is -4.03. The Morgan fingerprint density at radius 2 is 1.09 bits per heavy atom. The van der Waals surface area contributed by atoms with E-state index in [4.69, 9.17) is 29.4 Å². The second-order valence-corrected chi connectivity index (χ2v) is 12.6. The van der Waals surface area contributed by atoms with Gasteiger partial charge in [0.15, 0.2) is 11.5 Å². The molecule has 248 valence electrons. The molecule has 0 aliphatic heterocycles. The number of phenols is 1. The number of nitro groups is 2. The smallest absolute Gasteiger partial charge is 0.311 e. The van der Waals surface area contributed by atoms with Gasteiger partial charge in [-0.15, -0.1) is 0 Å². The Labute approximate surface area is 260 Å². The summed E-state index contributed by atoms with van der Waals surface area (Å²) in [7, 11) is -7.93. The molecule has 0 spiro atoms. The van der Waals surface area contributed by atoms with E-state index in [9.17, 15) is 37.1 Å². The van der Waals surface area contributed by atoms with Crippen LogP contribution in [0.5, 0.6) is 17.2 Å². The van der Waals surface area contributed by atoms with Crippen molar-refractivity contribution >= 4 is 37.3 Å². The third kappa shape index (κ3) is 16.2. The standard InChI is InChI=1S/C10H13NO6S.C10H15NO4S.C7H7NO3/c1-8-3-4-10(9(7-8)11(12)13)17-5-2-6-18(14,15)16;1-8-3-4-10(9(11)7-8)15-5-2-6-16(12,13)14;1-5-2-3-7(9)6(4-5)8(10)11/h3-4,7H,2,5-6H2,1H3,(H,14,15,16);3-4,7H,2,5-6,11H2,1H3,(H,12,13,14);2-4,9H,1H3. The zero-order valence-corrected chi connectivity index (χ0v) is 26.3. The van der Waals surface area contributed by atoms with E-state index in [1.165, 1.54) is 24.3 Å². The highest BCUT2D eigenvalue weighted by molar-refractivity contribution is 7.86. The Morgan fingerprint density at radius 1 is 0.689 bits per heavy atom. The first-order chi connectivity index (χ1) is 20.8. The lowest BCUT2D eigenvalue weighted by molar-refractivity contribution is -0.386. The van der Waals surface area contributed by atoms with Gasteiger partial charge in [-0.1, -0.05) is 18.2 Å². The predicted molar refractivity (Wildman–Crippen MR) is 166 cm³/mol. The van der Waals surface area contributed by atoms with Crippen molar-refractivity contribution in [1.82, 2.24) is 0 Å². The number of hydrogen-bond acceptors (Lipinski definition) is 12. The van der Waals surface area contributed by atoms with Crippen molar-refractivity contribution in [3.63, 3.8) is 0 Å². The number of nitrogens with zero attached hydrogens (tertiary/aromatic N) is 2. The molecular formula is C27H35N3O13S2. The highest BCUT2D eigenvalue weighted by Gasteiger charge is 2.15. The van der Waals surface area contributed by atoms with Crippen molar-refractivity contribution in [2.24, 2.45) is 0 Å². The van der Waals surface area contributed by atoms with Crippen LogP contribution < -0.4 is 15.2 Å². The molecule has 0 heterocycles. The summed E-state index contributed by atoms with van der Waals surface area (Å²) in [6.45, 7) is 5.54. The average Bonchev–Trinajstić information content (AvgIpc) is 2.91. The normalized spacial score (nSPS) is 10.9. The summed E-state index contributed by atoms with van der Waals surface area (Å²) in [6.07, 6.45) is 0.288. The third-order valence-electron chi connectivity index (χ3n) is 5.41. The second-order valence-electron chi connectivity index (χ2n) is 9.49. The molecule has 0 aliphatic carbocycles. The zero-order chi connectivity index (χ0) is 34.4. The molecule has 3 aromatic carbocycles. The minimum absolute atomic E-state index is 0.0241. The van der Waals surface area contributed by atoms with Gasteiger partial charge in [0.05, 0.1) is 40.3 Å². The maximum absolute atomic E-state index is 10.8. The summed E-state index contributed by atoms with van der Waals surface area (Å²) in [6, 6.07) is 14.1. The number of nitrogen functional groups attached to an aromatic ring is 1. The first-order valence-electron chi connectivity index (χ1n) is 13.0. The van der Waals surface area contributed by atoms with Gasteiger partial charge < -0.3 is 20.3 Å². The first-order valence-corrected chi connectivity index (χ1v) is 16.2. The highest BCUT2D eigenvalue weighted by Crippen LogP contribution is 2.28. The van der Waals surface area contributed by atoms with Crippen LogP contribution in [-0.2, 0) is 20.2 Å². The van der Waals surface area contributed by atoms with Crippen molar-refractivity contribution in [3.8, 4) is 17.2 Å². The second kappa shape index (κ2) is 17.7. The van der Waals surface area contributed by atoms with E-state index in [1.807, 2.05) is 13.0 Å². The summed E-state index contributed by atoms with van der Waals surface area (Å²) in [5, 5.41) is 29.9. The fourth-order valence-electron chi connectivity index (χ4n) is 3.32. The molecule has 5 N–H and O–H groups in total. The van der Waals surface area contributed by atoms with Gasteiger partial charge in [0.1, 0.15) is 5.75 Å². The lowest BCUT2D eigenvalue weighted by Gasteiger charge is -2.08. The largest absolute Gasteiger partial charge is 0.502 e. The molecule has 0 aliphatic rings. The summed E-state index contributed by atoms with van der Waals surface area (Å²) < 4.78 is 69.2. The lowest BCUT2D eigenvalue weighted by Crippen LogP contribution is -2.09. The molecule has 45 heavy (non-hydrogen) atoms. The van der Waals surface area contributed by atoms with E-state index in [0.29, 0.717) is 11.4 Å². The van der Waals surface area contributed by atoms with Crippen LogP contribution in [0.3, 0.4) is 0 Å². The topological polar surface area (TPSA) is 260 Å². The molecule has 16 nitrogen and oxygen atoms in total. The molecule has 0 amide bonds. The van der Waals surface area contributed by atoms with Gasteiger partial charge in [-0.25, -0.2) is 0 Å². The first kappa shape index (κ1) is 38.5. The van der Waals surface area contributed by atoms with Crippen molar-refractivity contribution in [3.05, 3.63) is 91.5 Å². The fourth-order valence-corrected chi connectivity index (χ4v) is 4.28. The average molecular weight is 674 g/mol. The van der Waals surface area contributed by atoms with Gasteiger partial charge in [-0.3, -0.25) is 29.3 Å². The summed E-state index contributed by atoms with van der Waals surface area (Å²) >= 11 is 0. The van der Waals surface area contributed by atoms with E-state index in [2.05, 4.69) is 0 Å². The monoisotopic (exact) mass is 673 g/mol. The van der Waals surface area contributed by atoms with Gasteiger partial charge in [0, 0.05) is 12.1 Å². The van der Waals surface area contributed by atoms with Gasteiger partial charge in [0.25, 0.3) is 20.2 Å². The summed E-state index contributed by atoms with van der Waals surface area (Å²) in [5.74, 6) is -0.423. The Bertz CT molecular complexity index is 1680. The van der Waals surface area contributed by atoms with Crippen molar-refractivity contribution in [1.29, 1.82) is 0 Å². The van der Waals surface area contributed by atoms with Crippen LogP contribution >= 0.6 is 0 Å². The van der Waals surface area contributed by atoms with Crippen LogP contribution in [0.1, 0.15) is 29.5 Å². The molecule has 18 heteroatoms. The van der Waals surface area contributed by atoms with Crippen molar-refractivity contribution in [2.75, 3.05) is 30.5 Å². The number of hydrogen-bond donors (Lipinski definition) is 4. The third-order valence-corrected chi connectivity index (χ3v) is 7.02. The minimum Gasteiger partial charge on any atom is -0.502 e. The van der Waals surface area contributed by atoms with Gasteiger partial charge >= 0.3 is 11.4 Å². The summed E-state index contributed by atoms with van der Waals surface area (Å²) in [5.41, 5.74) is 8.32. The molecule has 0 bridgehead atoms. The fraction of sp³-hybridized carbons (Fsp3) is 0.333. The van der Waals surface area contributed by atoms with Crippen LogP contribution in [0.4, 0.5) is 17.1 Å². The number of phenolic OH excluding ortho intramolecular Hbond substituents is 1. The maximum Gasteiger partial charge on any atom is 0.311 e. The molecule has 3 aromatic rings. The number of ether oxygens (including phenoxy) is 2. The van der Waals surface area contributed by atoms with Crippen LogP contribution in [0.15, 0.2) is 54.6 Å². The van der Waals surface area contributed by atoms with Crippen LogP contribution in [0.25, 0.3) is 0 Å². The number of aryl methyl sites for hydroxylation is 3. The number of anilines is 1.